The van der Waals surface area contributed by atoms with E-state index in [0.717, 1.165) is 30.3 Å². The van der Waals surface area contributed by atoms with Crippen LogP contribution in [0.4, 0.5) is 39.8 Å². The number of nitrogens with two attached hydrogens (primary N) is 1. The molecule has 0 unspecified atom stereocenters. The molecule has 0 atom stereocenters. The Balaban J connectivity index is 0.00000256. The predicted octanol–water partition coefficient (Wildman–Crippen LogP) is -1.43. The van der Waals surface area contributed by atoms with Gasteiger partial charge in [0.15, 0.2) is 5.75 Å². The molecule has 59 heavy (non-hydrogen) atoms. The molecule has 0 aliphatic rings. The molecule has 0 saturated carbocycles. The number of azo groups is 3. The number of carboxylic acid groups (broad SMARTS) is 1. The number of phenolic OH excluding ortho intramolecular Hbond substituents is 1. The number of carbonyl (C=O) groups is 1. The van der Waals surface area contributed by atoms with Gasteiger partial charge >= 0.3 is 88.7 Å². The van der Waals surface area contributed by atoms with Crippen molar-refractivity contribution < 1.29 is 135 Å². The number of nitrogens with zero attached hydrogens (tertiary/aromatic N) is 6. The maximum Gasteiger partial charge on any atom is 1.00 e. The Morgan fingerprint density at radius 2 is 1.08 bits per heavy atom. The van der Waals surface area contributed by atoms with Crippen molar-refractivity contribution in [1.82, 2.24) is 0 Å². The van der Waals surface area contributed by atoms with Crippen molar-refractivity contribution in [3.05, 3.63) is 115 Å². The first kappa shape index (κ1) is 47.5. The number of aromatic hydroxyl groups is 2. The quantitative estimate of drug-likeness (QED) is 0.0655. The van der Waals surface area contributed by atoms with Crippen LogP contribution in [-0.2, 0) is 20.2 Å². The molecular weight excluding hydrogens is 836 g/mol. The van der Waals surface area contributed by atoms with Crippen LogP contribution in [0, 0.1) is 0 Å². The summed E-state index contributed by atoms with van der Waals surface area (Å²) in [6, 6.07) is 25.1. The molecule has 7 rings (SSSR count). The largest absolute Gasteiger partial charge is 1.00 e. The van der Waals surface area contributed by atoms with Gasteiger partial charge in [0.05, 0.1) is 44.2 Å². The number of anilines is 1. The van der Waals surface area contributed by atoms with Crippen molar-refractivity contribution in [3.8, 4) is 11.5 Å². The third kappa shape index (κ3) is 10.2. The van der Waals surface area contributed by atoms with E-state index < -0.39 is 58.7 Å². The Bertz CT molecular complexity index is 3130. The number of hydrogen-bond acceptors (Lipinski definition) is 17. The second-order valence-corrected chi connectivity index (χ2v) is 14.7. The number of fused-ring (bicyclic) bond motifs is 3. The summed E-state index contributed by atoms with van der Waals surface area (Å²) in [5.74, 6) is -2.74. The molecule has 0 aliphatic heterocycles. The molecule has 0 aliphatic carbocycles. The summed E-state index contributed by atoms with van der Waals surface area (Å²) in [5, 5.41) is 58.9. The summed E-state index contributed by atoms with van der Waals surface area (Å²) < 4.78 is 72.4. The SMILES string of the molecule is Nc1ccc2c(O)c(N=Nc3ccc(N=Nc4ccc(N=Nc5ccc(O)c(C(=O)[O-])c5)c5ccc(S(=O)(=O)[O-])cc45)c4ccccc34)c(S(=O)(=O)[O-])cc2c1.[Na+].[Na+].[Na+]. The Kier molecular flexibility index (Phi) is 15.3. The van der Waals surface area contributed by atoms with Gasteiger partial charge in [-0.1, -0.05) is 30.3 Å². The molecule has 0 fully saturated rings. The van der Waals surface area contributed by atoms with Crippen molar-refractivity contribution in [2.24, 2.45) is 30.7 Å². The number of phenols is 2. The summed E-state index contributed by atoms with van der Waals surface area (Å²) in [6.07, 6.45) is 0. The Labute approximate surface area is 401 Å². The molecular formula is C37H22N7Na3O10S2. The predicted molar refractivity (Wildman–Crippen MR) is 199 cm³/mol. The summed E-state index contributed by atoms with van der Waals surface area (Å²) in [5.41, 5.74) is 5.88. The number of hydrogen-bond donors (Lipinski definition) is 3. The summed E-state index contributed by atoms with van der Waals surface area (Å²) in [4.78, 5) is 9.97. The average molecular weight is 858 g/mol. The summed E-state index contributed by atoms with van der Waals surface area (Å²) in [6.45, 7) is 0. The number of rotatable bonds is 9. The molecule has 280 valence electrons. The third-order valence-corrected chi connectivity index (χ3v) is 10.1. The minimum absolute atomic E-state index is 0. The second kappa shape index (κ2) is 19.0. The van der Waals surface area contributed by atoms with E-state index in [1.807, 2.05) is 0 Å². The van der Waals surface area contributed by atoms with Crippen LogP contribution in [0.3, 0.4) is 0 Å². The van der Waals surface area contributed by atoms with Crippen LogP contribution in [0.2, 0.25) is 0 Å². The molecule has 0 saturated heterocycles. The first-order valence-electron chi connectivity index (χ1n) is 15.9. The van der Waals surface area contributed by atoms with Gasteiger partial charge in [-0.15, -0.1) is 25.6 Å². The first-order chi connectivity index (χ1) is 26.6. The van der Waals surface area contributed by atoms with E-state index in [1.54, 1.807) is 24.3 Å². The van der Waals surface area contributed by atoms with Crippen LogP contribution in [0.15, 0.2) is 150 Å². The molecule has 22 heteroatoms. The van der Waals surface area contributed by atoms with Crippen LogP contribution >= 0.6 is 0 Å². The zero-order valence-corrected chi connectivity index (χ0v) is 38.8. The van der Waals surface area contributed by atoms with Gasteiger partial charge in [0.1, 0.15) is 31.7 Å². The van der Waals surface area contributed by atoms with Crippen LogP contribution in [0.1, 0.15) is 10.4 Å². The molecule has 0 heterocycles. The molecule has 17 nitrogen and oxygen atoms in total. The minimum Gasteiger partial charge on any atom is -0.744 e. The van der Waals surface area contributed by atoms with Crippen molar-refractivity contribution >= 4 is 98.3 Å². The van der Waals surface area contributed by atoms with Gasteiger partial charge in [0.2, 0.25) is 0 Å². The number of aromatic carboxylic acids is 1. The molecule has 7 aromatic rings. The van der Waals surface area contributed by atoms with Gasteiger partial charge in [-0.25, -0.2) is 16.8 Å². The van der Waals surface area contributed by atoms with E-state index in [0.29, 0.717) is 21.8 Å². The van der Waals surface area contributed by atoms with Crippen LogP contribution in [0.5, 0.6) is 11.5 Å². The summed E-state index contributed by atoms with van der Waals surface area (Å²) >= 11 is 0. The van der Waals surface area contributed by atoms with E-state index in [2.05, 4.69) is 30.7 Å². The fourth-order valence-electron chi connectivity index (χ4n) is 5.80. The maximum atomic E-state index is 12.2. The molecule has 0 radical (unpaired) electrons. The number of nitrogen functional groups attached to an aromatic ring is 1. The van der Waals surface area contributed by atoms with Crippen molar-refractivity contribution in [3.63, 3.8) is 0 Å². The van der Waals surface area contributed by atoms with Crippen LogP contribution < -0.4 is 99.5 Å². The Morgan fingerprint density at radius 1 is 0.559 bits per heavy atom. The van der Waals surface area contributed by atoms with Gasteiger partial charge in [0.25, 0.3) is 0 Å². The Hall–Kier alpha value is -4.19. The topological polar surface area (TPSA) is 295 Å². The molecule has 0 bridgehead atoms. The zero-order valence-electron chi connectivity index (χ0n) is 31.1. The van der Waals surface area contributed by atoms with E-state index in [-0.39, 0.29) is 133 Å². The van der Waals surface area contributed by atoms with Crippen molar-refractivity contribution in [1.29, 1.82) is 0 Å². The number of benzene rings is 7. The fourth-order valence-corrected chi connectivity index (χ4v) is 6.94. The molecule has 0 amide bonds. The van der Waals surface area contributed by atoms with Crippen LogP contribution in [0.25, 0.3) is 32.3 Å². The maximum absolute atomic E-state index is 12.2. The molecule has 4 N–H and O–H groups in total. The van der Waals surface area contributed by atoms with E-state index >= 15 is 0 Å². The Morgan fingerprint density at radius 3 is 1.64 bits per heavy atom. The van der Waals surface area contributed by atoms with E-state index in [9.17, 15) is 46.1 Å². The van der Waals surface area contributed by atoms with Gasteiger partial charge in [-0.3, -0.25) is 0 Å². The average Bonchev–Trinajstić information content (AvgIpc) is 3.15. The van der Waals surface area contributed by atoms with Gasteiger partial charge < -0.3 is 35.0 Å². The minimum atomic E-state index is -5.12. The van der Waals surface area contributed by atoms with E-state index in [4.69, 9.17) is 5.73 Å². The van der Waals surface area contributed by atoms with E-state index in [1.165, 1.54) is 54.6 Å². The number of carboxylic acids is 1. The van der Waals surface area contributed by atoms with Crippen molar-refractivity contribution in [2.75, 3.05) is 5.73 Å². The first-order valence-corrected chi connectivity index (χ1v) is 18.8. The van der Waals surface area contributed by atoms with Crippen molar-refractivity contribution in [2.45, 2.75) is 9.79 Å². The summed E-state index contributed by atoms with van der Waals surface area (Å²) in [7, 11) is -10.0. The monoisotopic (exact) mass is 857 g/mol. The number of carbonyl (C=O) groups excluding carboxylic acids is 1. The van der Waals surface area contributed by atoms with Crippen LogP contribution in [-0.4, -0.2) is 42.1 Å². The standard InChI is InChI=1S/C37H25N7O10S2.3Na/c38-20-5-8-23-19(15-20)16-34(56(52,53)54)35(36(23)46)44-43-30-11-10-29(24-3-1-2-4-25(24)30)41-42-32-13-12-31(26-9-7-22(18-27(26)32)55(49,50)51)40-39-21-6-14-33(45)28(17-21)37(47)48;;;/h1-18,45-46H,38H2,(H,47,48)(H,49,50,51)(H,52,53,54);;;/q;3*+1/p-3. The zero-order chi connectivity index (χ0) is 39.9. The normalized spacial score (nSPS) is 11.9. The molecule has 0 aromatic heterocycles. The van der Waals surface area contributed by atoms with Gasteiger partial charge in [-0.2, -0.15) is 5.11 Å². The smallest absolute Gasteiger partial charge is 0.744 e. The molecule has 7 aromatic carbocycles. The molecule has 0 spiro atoms. The second-order valence-electron chi connectivity index (χ2n) is 12.0. The third-order valence-electron chi connectivity index (χ3n) is 8.45. The van der Waals surface area contributed by atoms with Gasteiger partial charge in [-0.05, 0) is 84.2 Å². The van der Waals surface area contributed by atoms with Gasteiger partial charge in [0, 0.05) is 38.2 Å². The fraction of sp³-hybridized carbons (Fsp3) is 0.